The number of benzene rings is 1. The van der Waals surface area contributed by atoms with Gasteiger partial charge < -0.3 is 14.8 Å². The largest absolute Gasteiger partial charge is 0.467 e. The predicted octanol–water partition coefficient (Wildman–Crippen LogP) is 3.83. The van der Waals surface area contributed by atoms with E-state index in [0.717, 1.165) is 0 Å². The van der Waals surface area contributed by atoms with Crippen molar-refractivity contribution in [1.82, 2.24) is 5.32 Å². The van der Waals surface area contributed by atoms with Crippen molar-refractivity contribution >= 4 is 23.4 Å². The molecule has 1 aromatic heterocycles. The quantitative estimate of drug-likeness (QED) is 0.408. The first-order valence-corrected chi connectivity index (χ1v) is 10.1. The third-order valence-electron chi connectivity index (χ3n) is 4.77. The van der Waals surface area contributed by atoms with E-state index < -0.39 is 23.6 Å². The van der Waals surface area contributed by atoms with E-state index in [-0.39, 0.29) is 17.8 Å². The maximum absolute atomic E-state index is 12.2. The summed E-state index contributed by atoms with van der Waals surface area (Å²) in [7, 11) is 1.22. The fourth-order valence-corrected chi connectivity index (χ4v) is 3.86. The number of carbonyl (C=O) groups is 2. The number of amides is 1. The number of rotatable bonds is 7. The summed E-state index contributed by atoms with van der Waals surface area (Å²) in [6, 6.07) is 9.17. The number of hydrogen-bond acceptors (Lipinski definition) is 7. The Balaban J connectivity index is 1.69. The average Bonchev–Trinajstić information content (AvgIpc) is 3.29. The van der Waals surface area contributed by atoms with Crippen LogP contribution in [-0.2, 0) is 15.1 Å². The Hall–Kier alpha value is -3.46. The number of ether oxygens (including phenoxy) is 2. The molecule has 1 amide bonds. The standard InChI is InChI=1S/C21H20N2O6S/c1-28-19(24)18(22-20(25)29-17-5-3-2-4-6-17)13-15-7-10-21(11-8-15,23(26)27)16-9-12-30-14-16/h2-10,12,14,18H,11,13H2,1H3,(H,22,25)/t18-,21?/m0/s1. The van der Waals surface area contributed by atoms with Crippen LogP contribution in [0.3, 0.4) is 0 Å². The second kappa shape index (κ2) is 9.36. The summed E-state index contributed by atoms with van der Waals surface area (Å²) in [5, 5.41) is 17.8. The predicted molar refractivity (Wildman–Crippen MR) is 111 cm³/mol. The van der Waals surface area contributed by atoms with Gasteiger partial charge in [0, 0.05) is 28.7 Å². The van der Waals surface area contributed by atoms with Crippen LogP contribution in [0.5, 0.6) is 5.75 Å². The highest BCUT2D eigenvalue weighted by Crippen LogP contribution is 2.36. The van der Waals surface area contributed by atoms with Gasteiger partial charge in [-0.25, -0.2) is 9.59 Å². The molecule has 9 heteroatoms. The van der Waals surface area contributed by atoms with Crippen molar-refractivity contribution in [3.8, 4) is 5.75 Å². The number of allylic oxidation sites excluding steroid dienone is 1. The van der Waals surface area contributed by atoms with E-state index in [1.54, 1.807) is 59.3 Å². The number of thiophene rings is 1. The number of esters is 1. The lowest BCUT2D eigenvalue weighted by Crippen LogP contribution is -2.43. The molecule has 1 N–H and O–H groups in total. The molecule has 1 aromatic carbocycles. The van der Waals surface area contributed by atoms with Gasteiger partial charge in [0.15, 0.2) is 0 Å². The molecule has 1 aliphatic rings. The molecule has 2 aromatic rings. The SMILES string of the molecule is COC(=O)[C@H](CC1=CCC(c2ccsc2)([N+](=O)[O-])C=C1)NC(=O)Oc1ccccc1. The first kappa shape index (κ1) is 21.3. The zero-order valence-electron chi connectivity index (χ0n) is 16.1. The molecule has 156 valence electrons. The van der Waals surface area contributed by atoms with E-state index in [1.165, 1.54) is 24.5 Å². The molecule has 3 rings (SSSR count). The monoisotopic (exact) mass is 428 g/mol. The van der Waals surface area contributed by atoms with Crippen LogP contribution in [0.15, 0.2) is 71.0 Å². The van der Waals surface area contributed by atoms with E-state index in [1.807, 2.05) is 0 Å². The summed E-state index contributed by atoms with van der Waals surface area (Å²) in [5.74, 6) is -0.305. The average molecular weight is 428 g/mol. The number of hydrogen-bond donors (Lipinski definition) is 1. The van der Waals surface area contributed by atoms with Gasteiger partial charge in [-0.3, -0.25) is 10.1 Å². The molecule has 0 bridgehead atoms. The first-order valence-electron chi connectivity index (χ1n) is 9.11. The zero-order valence-corrected chi connectivity index (χ0v) is 17.0. The summed E-state index contributed by atoms with van der Waals surface area (Å²) in [6.07, 6.45) is 4.32. The number of carbonyl (C=O) groups excluding carboxylic acids is 2. The minimum Gasteiger partial charge on any atom is -0.467 e. The Bertz CT molecular complexity index is 971. The van der Waals surface area contributed by atoms with Crippen molar-refractivity contribution in [2.24, 2.45) is 0 Å². The Morgan fingerprint density at radius 3 is 2.63 bits per heavy atom. The van der Waals surface area contributed by atoms with Gasteiger partial charge in [-0.15, -0.1) is 0 Å². The smallest absolute Gasteiger partial charge is 0.413 e. The molecular formula is C21H20N2O6S. The number of nitrogens with zero attached hydrogens (tertiary/aromatic N) is 1. The molecule has 2 atom stereocenters. The molecule has 0 radical (unpaired) electrons. The van der Waals surface area contributed by atoms with E-state index in [9.17, 15) is 19.7 Å². The second-order valence-corrected chi connectivity index (χ2v) is 7.42. The van der Waals surface area contributed by atoms with Crippen LogP contribution in [-0.4, -0.2) is 30.1 Å². The van der Waals surface area contributed by atoms with Gasteiger partial charge in [-0.1, -0.05) is 30.4 Å². The Morgan fingerprint density at radius 1 is 1.30 bits per heavy atom. The van der Waals surface area contributed by atoms with Gasteiger partial charge in [0.05, 0.1) is 7.11 Å². The topological polar surface area (TPSA) is 108 Å². The molecule has 1 unspecified atom stereocenters. The summed E-state index contributed by atoms with van der Waals surface area (Å²) in [5.41, 5.74) is -0.0412. The van der Waals surface area contributed by atoms with Crippen LogP contribution in [0, 0.1) is 10.1 Å². The minimum atomic E-state index is -1.33. The van der Waals surface area contributed by atoms with Crippen LogP contribution in [0.25, 0.3) is 0 Å². The minimum absolute atomic E-state index is 0.116. The highest BCUT2D eigenvalue weighted by atomic mass is 32.1. The lowest BCUT2D eigenvalue weighted by Gasteiger charge is -2.24. The number of methoxy groups -OCH3 is 1. The molecule has 8 nitrogen and oxygen atoms in total. The van der Waals surface area contributed by atoms with Crippen molar-refractivity contribution < 1.29 is 24.0 Å². The van der Waals surface area contributed by atoms with Crippen LogP contribution in [0.2, 0.25) is 0 Å². The van der Waals surface area contributed by atoms with Crippen LogP contribution in [0.1, 0.15) is 18.4 Å². The van der Waals surface area contributed by atoms with Crippen molar-refractivity contribution in [2.75, 3.05) is 7.11 Å². The van der Waals surface area contributed by atoms with Crippen LogP contribution in [0.4, 0.5) is 4.79 Å². The van der Waals surface area contributed by atoms with Gasteiger partial charge in [-0.2, -0.15) is 11.3 Å². The maximum Gasteiger partial charge on any atom is 0.413 e. The molecule has 1 heterocycles. The van der Waals surface area contributed by atoms with E-state index >= 15 is 0 Å². The van der Waals surface area contributed by atoms with E-state index in [4.69, 9.17) is 9.47 Å². The molecule has 0 saturated heterocycles. The summed E-state index contributed by atoms with van der Waals surface area (Å²) in [4.78, 5) is 35.8. The van der Waals surface area contributed by atoms with Crippen molar-refractivity contribution in [3.05, 3.63) is 86.6 Å². The van der Waals surface area contributed by atoms with Gasteiger partial charge in [0.25, 0.3) is 5.54 Å². The lowest BCUT2D eigenvalue weighted by molar-refractivity contribution is -0.563. The van der Waals surface area contributed by atoms with E-state index in [2.05, 4.69) is 5.32 Å². The summed E-state index contributed by atoms with van der Waals surface area (Å²) < 4.78 is 9.93. The Labute approximate surface area is 177 Å². The van der Waals surface area contributed by atoms with Crippen LogP contribution < -0.4 is 10.1 Å². The highest BCUT2D eigenvalue weighted by molar-refractivity contribution is 7.08. The van der Waals surface area contributed by atoms with Gasteiger partial charge in [0.1, 0.15) is 11.8 Å². The normalized spacial score (nSPS) is 18.8. The Kier molecular flexibility index (Phi) is 6.63. The summed E-state index contributed by atoms with van der Waals surface area (Å²) in [6.45, 7) is 0. The van der Waals surface area contributed by atoms with Crippen molar-refractivity contribution in [1.29, 1.82) is 0 Å². The molecule has 1 aliphatic carbocycles. The highest BCUT2D eigenvalue weighted by Gasteiger charge is 2.43. The zero-order chi connectivity index (χ0) is 21.6. The molecule has 0 spiro atoms. The van der Waals surface area contributed by atoms with Gasteiger partial charge in [-0.05, 0) is 35.2 Å². The van der Waals surface area contributed by atoms with Crippen LogP contribution >= 0.6 is 11.3 Å². The number of nitrogens with one attached hydrogen (secondary N) is 1. The van der Waals surface area contributed by atoms with Crippen molar-refractivity contribution in [2.45, 2.75) is 24.4 Å². The Morgan fingerprint density at radius 2 is 2.07 bits per heavy atom. The van der Waals surface area contributed by atoms with Gasteiger partial charge >= 0.3 is 12.1 Å². The number of para-hydroxylation sites is 1. The molecule has 0 saturated carbocycles. The fourth-order valence-electron chi connectivity index (χ4n) is 3.12. The molecular weight excluding hydrogens is 408 g/mol. The maximum atomic E-state index is 12.2. The fraction of sp³-hybridized carbons (Fsp3) is 0.238. The number of nitro groups is 1. The van der Waals surface area contributed by atoms with Crippen molar-refractivity contribution in [3.63, 3.8) is 0 Å². The van der Waals surface area contributed by atoms with Gasteiger partial charge in [0.2, 0.25) is 0 Å². The third kappa shape index (κ3) is 4.74. The molecule has 30 heavy (non-hydrogen) atoms. The molecule has 0 fully saturated rings. The van der Waals surface area contributed by atoms with E-state index in [0.29, 0.717) is 16.9 Å². The first-order chi connectivity index (χ1) is 14.4. The molecule has 0 aliphatic heterocycles. The lowest BCUT2D eigenvalue weighted by atomic mass is 9.83. The third-order valence-corrected chi connectivity index (χ3v) is 5.45. The summed E-state index contributed by atoms with van der Waals surface area (Å²) >= 11 is 1.39. The second-order valence-electron chi connectivity index (χ2n) is 6.64.